The van der Waals surface area contributed by atoms with Crippen LogP contribution in [0.3, 0.4) is 0 Å². The van der Waals surface area contributed by atoms with E-state index in [2.05, 4.69) is 91.0 Å². The maximum atomic E-state index is 6.15. The molecule has 3 nitrogen and oxygen atoms in total. The molecule has 0 radical (unpaired) electrons. The largest absolute Gasteiger partial charge is 0.270 e. The van der Waals surface area contributed by atoms with Crippen LogP contribution >= 0.6 is 23.4 Å². The Hall–Kier alpha value is -2.56. The topological polar surface area (TPSA) is 30.7 Å². The summed E-state index contributed by atoms with van der Waals surface area (Å²) in [5, 5.41) is 11.0. The Labute approximate surface area is 193 Å². The van der Waals surface area contributed by atoms with E-state index in [1.165, 1.54) is 11.1 Å². The predicted octanol–water partition coefficient (Wildman–Crippen LogP) is 7.74. The first-order chi connectivity index (χ1) is 14.8. The fourth-order valence-electron chi connectivity index (χ4n) is 3.43. The summed E-state index contributed by atoms with van der Waals surface area (Å²) in [5.41, 5.74) is 4.69. The molecule has 0 saturated heterocycles. The Morgan fingerprint density at radius 1 is 0.839 bits per heavy atom. The van der Waals surface area contributed by atoms with Gasteiger partial charge in [0, 0.05) is 21.5 Å². The van der Waals surface area contributed by atoms with Crippen molar-refractivity contribution < 1.29 is 0 Å². The molecular formula is C26H26ClN3S. The van der Waals surface area contributed by atoms with Gasteiger partial charge in [0.15, 0.2) is 11.0 Å². The van der Waals surface area contributed by atoms with Crippen LogP contribution in [0.4, 0.5) is 0 Å². The highest BCUT2D eigenvalue weighted by Crippen LogP contribution is 2.37. The second kappa shape index (κ2) is 8.89. The van der Waals surface area contributed by atoms with Crippen molar-refractivity contribution in [1.29, 1.82) is 0 Å². The summed E-state index contributed by atoms with van der Waals surface area (Å²) >= 11 is 7.85. The van der Waals surface area contributed by atoms with Crippen LogP contribution in [0.2, 0.25) is 5.02 Å². The van der Waals surface area contributed by atoms with Crippen LogP contribution in [-0.4, -0.2) is 14.8 Å². The standard InChI is InChI=1S/C26H26ClN3S/c1-18(19-8-6-5-7-9-19)31-25-29-28-24(30(25)23-16-14-22(27)15-17-23)20-10-12-21(13-11-20)26(2,3)4/h5-18H,1-4H3/t18-/m1/s1. The van der Waals surface area contributed by atoms with Gasteiger partial charge in [-0.05, 0) is 47.7 Å². The van der Waals surface area contributed by atoms with Crippen LogP contribution < -0.4 is 0 Å². The minimum atomic E-state index is 0.106. The normalized spacial score (nSPS) is 12.7. The van der Waals surface area contributed by atoms with Crippen molar-refractivity contribution in [3.8, 4) is 17.1 Å². The highest BCUT2D eigenvalue weighted by Gasteiger charge is 2.20. The molecule has 0 N–H and O–H groups in total. The molecule has 0 saturated carbocycles. The van der Waals surface area contributed by atoms with Crippen molar-refractivity contribution in [2.45, 2.75) is 43.5 Å². The van der Waals surface area contributed by atoms with Gasteiger partial charge < -0.3 is 0 Å². The van der Waals surface area contributed by atoms with E-state index in [1.807, 2.05) is 30.3 Å². The average Bonchev–Trinajstić information content (AvgIpc) is 3.18. The number of rotatable bonds is 5. The van der Waals surface area contributed by atoms with E-state index >= 15 is 0 Å². The SMILES string of the molecule is C[C@@H](Sc1nnc(-c2ccc(C(C)(C)C)cc2)n1-c1ccc(Cl)cc1)c1ccccc1. The van der Waals surface area contributed by atoms with Gasteiger partial charge in [-0.25, -0.2) is 0 Å². The lowest BCUT2D eigenvalue weighted by Gasteiger charge is -2.19. The zero-order valence-corrected chi connectivity index (χ0v) is 19.8. The van der Waals surface area contributed by atoms with Crippen molar-refractivity contribution in [2.75, 3.05) is 0 Å². The van der Waals surface area contributed by atoms with Gasteiger partial charge in [0.2, 0.25) is 0 Å². The van der Waals surface area contributed by atoms with E-state index in [0.29, 0.717) is 5.02 Å². The number of halogens is 1. The second-order valence-corrected chi connectivity index (χ2v) is 10.4. The first-order valence-corrected chi connectivity index (χ1v) is 11.6. The highest BCUT2D eigenvalue weighted by atomic mass is 35.5. The van der Waals surface area contributed by atoms with Gasteiger partial charge in [0.1, 0.15) is 0 Å². The summed E-state index contributed by atoms with van der Waals surface area (Å²) in [4.78, 5) is 0. The van der Waals surface area contributed by atoms with Crippen molar-refractivity contribution in [3.05, 3.63) is 95.0 Å². The first-order valence-electron chi connectivity index (χ1n) is 10.4. The number of hydrogen-bond donors (Lipinski definition) is 0. The Kier molecular flexibility index (Phi) is 6.22. The molecule has 158 valence electrons. The average molecular weight is 448 g/mol. The lowest BCUT2D eigenvalue weighted by Crippen LogP contribution is -2.10. The van der Waals surface area contributed by atoms with Crippen molar-refractivity contribution in [3.63, 3.8) is 0 Å². The molecule has 1 atom stereocenters. The van der Waals surface area contributed by atoms with Crippen molar-refractivity contribution >= 4 is 23.4 Å². The summed E-state index contributed by atoms with van der Waals surface area (Å²) in [6.45, 7) is 8.85. The number of hydrogen-bond acceptors (Lipinski definition) is 3. The summed E-state index contributed by atoms with van der Waals surface area (Å²) in [7, 11) is 0. The summed E-state index contributed by atoms with van der Waals surface area (Å²) < 4.78 is 2.12. The quantitative estimate of drug-likeness (QED) is 0.293. The van der Waals surface area contributed by atoms with Crippen LogP contribution in [0.1, 0.15) is 44.1 Å². The molecule has 4 aromatic rings. The lowest BCUT2D eigenvalue weighted by atomic mass is 9.87. The molecule has 0 unspecified atom stereocenters. The Balaban J connectivity index is 1.76. The second-order valence-electron chi connectivity index (χ2n) is 8.62. The monoisotopic (exact) mass is 447 g/mol. The fraction of sp³-hybridized carbons (Fsp3) is 0.231. The molecule has 5 heteroatoms. The molecule has 0 aliphatic carbocycles. The highest BCUT2D eigenvalue weighted by molar-refractivity contribution is 7.99. The van der Waals surface area contributed by atoms with Crippen LogP contribution in [0.5, 0.6) is 0 Å². The maximum absolute atomic E-state index is 6.15. The van der Waals surface area contributed by atoms with Gasteiger partial charge >= 0.3 is 0 Å². The van der Waals surface area contributed by atoms with Gasteiger partial charge in [0.05, 0.1) is 0 Å². The van der Waals surface area contributed by atoms with Gasteiger partial charge in [0.25, 0.3) is 0 Å². The van der Waals surface area contributed by atoms with E-state index in [4.69, 9.17) is 11.6 Å². The Morgan fingerprint density at radius 2 is 1.48 bits per heavy atom. The third-order valence-electron chi connectivity index (χ3n) is 5.28. The van der Waals surface area contributed by atoms with Gasteiger partial charge in [-0.2, -0.15) is 0 Å². The molecule has 0 aliphatic heterocycles. The van der Waals surface area contributed by atoms with Crippen molar-refractivity contribution in [2.24, 2.45) is 0 Å². The summed E-state index contributed by atoms with van der Waals surface area (Å²) in [5.74, 6) is 0.825. The molecule has 0 fully saturated rings. The smallest absolute Gasteiger partial charge is 0.196 e. The molecule has 3 aromatic carbocycles. The Morgan fingerprint density at radius 3 is 2.10 bits per heavy atom. The predicted molar refractivity (Wildman–Crippen MR) is 131 cm³/mol. The van der Waals surface area contributed by atoms with Gasteiger partial charge in [-0.1, -0.05) is 98.7 Å². The molecular weight excluding hydrogens is 422 g/mol. The molecule has 1 aromatic heterocycles. The number of benzene rings is 3. The molecule has 0 amide bonds. The maximum Gasteiger partial charge on any atom is 0.196 e. The van der Waals surface area contributed by atoms with Crippen LogP contribution in [-0.2, 0) is 5.41 Å². The Bertz CT molecular complexity index is 1140. The number of nitrogens with zero attached hydrogens (tertiary/aromatic N) is 3. The number of thioether (sulfide) groups is 1. The third kappa shape index (κ3) is 4.86. The summed E-state index contributed by atoms with van der Waals surface area (Å²) in [6, 6.07) is 26.9. The molecule has 31 heavy (non-hydrogen) atoms. The number of aromatic nitrogens is 3. The zero-order valence-electron chi connectivity index (χ0n) is 18.2. The van der Waals surface area contributed by atoms with E-state index in [0.717, 1.165) is 22.2 Å². The van der Waals surface area contributed by atoms with Crippen LogP contribution in [0.25, 0.3) is 17.1 Å². The fourth-order valence-corrected chi connectivity index (χ4v) is 4.55. The van der Waals surface area contributed by atoms with Gasteiger partial charge in [-0.15, -0.1) is 10.2 Å². The summed E-state index contributed by atoms with van der Waals surface area (Å²) in [6.07, 6.45) is 0. The molecule has 1 heterocycles. The first kappa shape index (κ1) is 21.7. The van der Waals surface area contributed by atoms with E-state index in [-0.39, 0.29) is 10.7 Å². The molecule has 0 bridgehead atoms. The minimum Gasteiger partial charge on any atom is -0.270 e. The zero-order chi connectivity index (χ0) is 22.0. The van der Waals surface area contributed by atoms with E-state index in [9.17, 15) is 0 Å². The van der Waals surface area contributed by atoms with E-state index < -0.39 is 0 Å². The van der Waals surface area contributed by atoms with Gasteiger partial charge in [-0.3, -0.25) is 4.57 Å². The third-order valence-corrected chi connectivity index (χ3v) is 6.63. The molecule has 4 rings (SSSR count). The molecule has 0 spiro atoms. The van der Waals surface area contributed by atoms with Crippen LogP contribution in [0.15, 0.2) is 84.0 Å². The van der Waals surface area contributed by atoms with Crippen molar-refractivity contribution in [1.82, 2.24) is 14.8 Å². The van der Waals surface area contributed by atoms with Crippen LogP contribution in [0, 0.1) is 0 Å². The minimum absolute atomic E-state index is 0.106. The lowest BCUT2D eigenvalue weighted by molar-refractivity contribution is 0.590. The van der Waals surface area contributed by atoms with E-state index in [1.54, 1.807) is 11.8 Å². The molecule has 0 aliphatic rings.